The Morgan fingerprint density at radius 2 is 2.11 bits per heavy atom. The number of rotatable bonds is 4. The van der Waals surface area contributed by atoms with E-state index in [0.717, 1.165) is 25.0 Å². The molecule has 0 spiro atoms. The van der Waals surface area contributed by atoms with Crippen molar-refractivity contribution in [2.75, 3.05) is 0 Å². The molecule has 1 aromatic carbocycles. The highest BCUT2D eigenvalue weighted by atomic mass is 35.5. The molecule has 1 aromatic rings. The van der Waals surface area contributed by atoms with Gasteiger partial charge in [-0.25, -0.2) is 9.18 Å². The molecule has 1 fully saturated rings. The molecule has 1 atom stereocenters. The van der Waals surface area contributed by atoms with E-state index in [0.29, 0.717) is 0 Å². The SMILES string of the molecule is CC(NC(=O)c1ccc(F)cc1Cl)(C(=O)O)C1CC1. The summed E-state index contributed by atoms with van der Waals surface area (Å²) in [5, 5.41) is 11.7. The first-order chi connectivity index (χ1) is 8.84. The molecule has 4 nitrogen and oxygen atoms in total. The van der Waals surface area contributed by atoms with Crippen molar-refractivity contribution in [3.63, 3.8) is 0 Å². The average Bonchev–Trinajstić information content (AvgIpc) is 3.11. The Morgan fingerprint density at radius 1 is 1.47 bits per heavy atom. The molecule has 2 N–H and O–H groups in total. The molecular weight excluding hydrogens is 273 g/mol. The molecule has 1 unspecified atom stereocenters. The van der Waals surface area contributed by atoms with Crippen LogP contribution in [0.15, 0.2) is 18.2 Å². The second kappa shape index (κ2) is 4.81. The van der Waals surface area contributed by atoms with E-state index < -0.39 is 23.2 Å². The lowest BCUT2D eigenvalue weighted by molar-refractivity contribution is -0.144. The van der Waals surface area contributed by atoms with E-state index in [1.54, 1.807) is 0 Å². The number of aliphatic carboxylic acids is 1. The first kappa shape index (κ1) is 13.8. The molecular formula is C13H13ClFNO3. The predicted octanol–water partition coefficient (Wildman–Crippen LogP) is 2.46. The molecule has 0 aliphatic heterocycles. The zero-order valence-electron chi connectivity index (χ0n) is 10.2. The van der Waals surface area contributed by atoms with Crippen LogP contribution in [0.4, 0.5) is 4.39 Å². The fourth-order valence-corrected chi connectivity index (χ4v) is 2.22. The monoisotopic (exact) mass is 285 g/mol. The van der Waals surface area contributed by atoms with Gasteiger partial charge in [-0.2, -0.15) is 0 Å². The number of carboxylic acid groups (broad SMARTS) is 1. The quantitative estimate of drug-likeness (QED) is 0.893. The first-order valence-corrected chi connectivity index (χ1v) is 6.23. The van der Waals surface area contributed by atoms with Crippen molar-refractivity contribution in [3.05, 3.63) is 34.6 Å². The van der Waals surface area contributed by atoms with Gasteiger partial charge in [0.05, 0.1) is 10.6 Å². The summed E-state index contributed by atoms with van der Waals surface area (Å²) in [4.78, 5) is 23.3. The van der Waals surface area contributed by atoms with Gasteiger partial charge in [0.15, 0.2) is 0 Å². The van der Waals surface area contributed by atoms with Crippen LogP contribution in [0.5, 0.6) is 0 Å². The molecule has 2 rings (SSSR count). The van der Waals surface area contributed by atoms with E-state index in [2.05, 4.69) is 5.32 Å². The van der Waals surface area contributed by atoms with E-state index in [4.69, 9.17) is 11.6 Å². The van der Waals surface area contributed by atoms with Crippen molar-refractivity contribution < 1.29 is 19.1 Å². The number of amides is 1. The van der Waals surface area contributed by atoms with Gasteiger partial charge in [-0.05, 0) is 43.9 Å². The standard InChI is InChI=1S/C13H13ClFNO3/c1-13(12(18)19,7-2-3-7)16-11(17)9-5-4-8(15)6-10(9)14/h4-7H,2-3H2,1H3,(H,16,17)(H,18,19). The summed E-state index contributed by atoms with van der Waals surface area (Å²) in [5.41, 5.74) is -1.24. The minimum Gasteiger partial charge on any atom is -0.480 e. The van der Waals surface area contributed by atoms with Gasteiger partial charge in [0, 0.05) is 0 Å². The maximum atomic E-state index is 12.9. The average molecular weight is 286 g/mol. The summed E-state index contributed by atoms with van der Waals surface area (Å²) < 4.78 is 12.9. The molecule has 6 heteroatoms. The maximum Gasteiger partial charge on any atom is 0.329 e. The van der Waals surface area contributed by atoms with Crippen LogP contribution in [0.2, 0.25) is 5.02 Å². The molecule has 0 bridgehead atoms. The summed E-state index contributed by atoms with van der Waals surface area (Å²) in [6, 6.07) is 3.36. The van der Waals surface area contributed by atoms with Crippen LogP contribution in [-0.4, -0.2) is 22.5 Å². The number of carbonyl (C=O) groups excluding carboxylic acids is 1. The zero-order chi connectivity index (χ0) is 14.2. The van der Waals surface area contributed by atoms with Gasteiger partial charge in [0.1, 0.15) is 11.4 Å². The van der Waals surface area contributed by atoms with Crippen LogP contribution in [0.1, 0.15) is 30.1 Å². The number of nitrogens with one attached hydrogen (secondary N) is 1. The van der Waals surface area contributed by atoms with Crippen LogP contribution in [0, 0.1) is 11.7 Å². The number of hydrogen-bond acceptors (Lipinski definition) is 2. The Hall–Kier alpha value is -1.62. The second-order valence-electron chi connectivity index (χ2n) is 4.86. The summed E-state index contributed by atoms with van der Waals surface area (Å²) in [7, 11) is 0. The van der Waals surface area contributed by atoms with E-state index >= 15 is 0 Å². The molecule has 0 aromatic heterocycles. The van der Waals surface area contributed by atoms with Gasteiger partial charge in [-0.1, -0.05) is 11.6 Å². The smallest absolute Gasteiger partial charge is 0.329 e. The van der Waals surface area contributed by atoms with Crippen molar-refractivity contribution in [2.24, 2.45) is 5.92 Å². The van der Waals surface area contributed by atoms with Crippen molar-refractivity contribution in [2.45, 2.75) is 25.3 Å². The van der Waals surface area contributed by atoms with E-state index in [9.17, 15) is 19.1 Å². The predicted molar refractivity (Wildman–Crippen MR) is 67.6 cm³/mol. The summed E-state index contributed by atoms with van der Waals surface area (Å²) >= 11 is 5.78. The van der Waals surface area contributed by atoms with Crippen molar-refractivity contribution in [1.29, 1.82) is 0 Å². The van der Waals surface area contributed by atoms with Crippen molar-refractivity contribution >= 4 is 23.5 Å². The highest BCUT2D eigenvalue weighted by Crippen LogP contribution is 2.40. The third-order valence-electron chi connectivity index (χ3n) is 3.39. The molecule has 0 radical (unpaired) electrons. The summed E-state index contributed by atoms with van der Waals surface area (Å²) in [6.45, 7) is 1.47. The number of carbonyl (C=O) groups is 2. The highest BCUT2D eigenvalue weighted by Gasteiger charge is 2.48. The van der Waals surface area contributed by atoms with E-state index in [1.807, 2.05) is 0 Å². The lowest BCUT2D eigenvalue weighted by atomic mass is 9.95. The lowest BCUT2D eigenvalue weighted by Crippen LogP contribution is -2.54. The fourth-order valence-electron chi connectivity index (χ4n) is 1.97. The Balaban J connectivity index is 2.22. The molecule has 1 aliphatic carbocycles. The third kappa shape index (κ3) is 2.71. The topological polar surface area (TPSA) is 66.4 Å². The van der Waals surface area contributed by atoms with Crippen LogP contribution in [0.3, 0.4) is 0 Å². The largest absolute Gasteiger partial charge is 0.480 e. The van der Waals surface area contributed by atoms with Crippen LogP contribution < -0.4 is 5.32 Å². The van der Waals surface area contributed by atoms with Crippen molar-refractivity contribution in [1.82, 2.24) is 5.32 Å². The highest BCUT2D eigenvalue weighted by molar-refractivity contribution is 6.33. The second-order valence-corrected chi connectivity index (χ2v) is 5.27. The van der Waals surface area contributed by atoms with E-state index in [1.165, 1.54) is 13.0 Å². The van der Waals surface area contributed by atoms with Crippen LogP contribution in [-0.2, 0) is 4.79 Å². The van der Waals surface area contributed by atoms with Gasteiger partial charge < -0.3 is 10.4 Å². The summed E-state index contributed by atoms with van der Waals surface area (Å²) in [6.07, 6.45) is 1.53. The molecule has 1 saturated carbocycles. The molecule has 1 amide bonds. The number of hydrogen-bond donors (Lipinski definition) is 2. The van der Waals surface area contributed by atoms with Crippen LogP contribution >= 0.6 is 11.6 Å². The maximum absolute atomic E-state index is 12.9. The van der Waals surface area contributed by atoms with Gasteiger partial charge >= 0.3 is 5.97 Å². The minimum atomic E-state index is -1.31. The molecule has 102 valence electrons. The fraction of sp³-hybridized carbons (Fsp3) is 0.385. The van der Waals surface area contributed by atoms with Crippen molar-refractivity contribution in [3.8, 4) is 0 Å². The normalized spacial score (nSPS) is 17.6. The minimum absolute atomic E-state index is 0.0407. The Bertz CT molecular complexity index is 545. The molecule has 1 aliphatic rings. The zero-order valence-corrected chi connectivity index (χ0v) is 11.0. The number of halogens is 2. The third-order valence-corrected chi connectivity index (χ3v) is 3.70. The lowest BCUT2D eigenvalue weighted by Gasteiger charge is -2.26. The van der Waals surface area contributed by atoms with Gasteiger partial charge in [0.25, 0.3) is 5.91 Å². The molecule has 0 heterocycles. The first-order valence-electron chi connectivity index (χ1n) is 5.85. The Labute approximate surface area is 114 Å². The molecule has 0 saturated heterocycles. The van der Waals surface area contributed by atoms with Gasteiger partial charge in [-0.3, -0.25) is 4.79 Å². The van der Waals surface area contributed by atoms with Gasteiger partial charge in [0.2, 0.25) is 0 Å². The number of benzene rings is 1. The van der Waals surface area contributed by atoms with E-state index in [-0.39, 0.29) is 16.5 Å². The van der Waals surface area contributed by atoms with Gasteiger partial charge in [-0.15, -0.1) is 0 Å². The molecule has 19 heavy (non-hydrogen) atoms. The summed E-state index contributed by atoms with van der Waals surface area (Å²) in [5.74, 6) is -2.32. The van der Waals surface area contributed by atoms with Crippen LogP contribution in [0.25, 0.3) is 0 Å². The Kier molecular flexibility index (Phi) is 3.49. The number of carboxylic acids is 1. The Morgan fingerprint density at radius 3 is 2.58 bits per heavy atom.